The van der Waals surface area contributed by atoms with Crippen molar-refractivity contribution < 1.29 is 0 Å². The number of pyridine rings is 1. The van der Waals surface area contributed by atoms with Crippen LogP contribution in [-0.2, 0) is 11.9 Å². The number of fused-ring (bicyclic) bond motifs is 1. The van der Waals surface area contributed by atoms with Crippen molar-refractivity contribution in [1.29, 1.82) is 0 Å². The quantitative estimate of drug-likeness (QED) is 0.586. The summed E-state index contributed by atoms with van der Waals surface area (Å²) in [6.07, 6.45) is 2.05. The van der Waals surface area contributed by atoms with E-state index in [1.54, 1.807) is 0 Å². The van der Waals surface area contributed by atoms with Gasteiger partial charge in [0.2, 0.25) is 0 Å². The molecular weight excluding hydrogens is 394 g/mol. The van der Waals surface area contributed by atoms with E-state index in [-0.39, 0.29) is 0 Å². The summed E-state index contributed by atoms with van der Waals surface area (Å²) in [5, 5.41) is 0.774. The average Bonchev–Trinajstić information content (AvgIpc) is 2.86. The van der Waals surface area contributed by atoms with Crippen LogP contribution in [0.2, 0.25) is 0 Å². The van der Waals surface area contributed by atoms with Gasteiger partial charge in [0.05, 0.1) is 5.69 Å². The summed E-state index contributed by atoms with van der Waals surface area (Å²) in [6.45, 7) is 0.823. The highest BCUT2D eigenvalue weighted by molar-refractivity contribution is 9.10. The number of aromatic nitrogens is 2. The Bertz CT molecular complexity index is 767. The molecule has 0 spiro atoms. The Kier molecular flexibility index (Phi) is 4.31. The van der Waals surface area contributed by atoms with Gasteiger partial charge in [-0.15, -0.1) is 0 Å². The van der Waals surface area contributed by atoms with Gasteiger partial charge in [0.25, 0.3) is 0 Å². The minimum Gasteiger partial charge on any atom is -0.354 e. The third-order valence-electron chi connectivity index (χ3n) is 3.40. The lowest BCUT2D eigenvalue weighted by Crippen LogP contribution is -2.18. The summed E-state index contributed by atoms with van der Waals surface area (Å²) >= 11 is 7.10. The highest BCUT2D eigenvalue weighted by Crippen LogP contribution is 2.24. The third-order valence-corrected chi connectivity index (χ3v) is 4.43. The molecular formula is C16H15Br2N3. The largest absolute Gasteiger partial charge is 0.354 e. The zero-order chi connectivity index (χ0) is 14.8. The fraction of sp³-hybridized carbons (Fsp3) is 0.188. The van der Waals surface area contributed by atoms with Crippen molar-refractivity contribution in [3.8, 4) is 0 Å². The number of halogens is 2. The van der Waals surface area contributed by atoms with Gasteiger partial charge in [-0.1, -0.05) is 50.1 Å². The molecule has 0 aliphatic rings. The molecule has 0 aliphatic carbocycles. The predicted molar refractivity (Wildman–Crippen MR) is 94.1 cm³/mol. The summed E-state index contributed by atoms with van der Waals surface area (Å²) in [5.74, 6) is 1.01. The Balaban J connectivity index is 1.95. The van der Waals surface area contributed by atoms with Crippen LogP contribution in [0.15, 0.2) is 53.1 Å². The summed E-state index contributed by atoms with van der Waals surface area (Å²) in [4.78, 5) is 6.94. The van der Waals surface area contributed by atoms with E-state index in [4.69, 9.17) is 4.98 Å². The molecule has 0 N–H and O–H groups in total. The lowest BCUT2D eigenvalue weighted by atomic mass is 10.2. The third kappa shape index (κ3) is 2.99. The number of imidazole rings is 1. The lowest BCUT2D eigenvalue weighted by molar-refractivity contribution is 0.895. The van der Waals surface area contributed by atoms with E-state index in [9.17, 15) is 0 Å². The van der Waals surface area contributed by atoms with Crippen LogP contribution in [0.25, 0.3) is 5.65 Å². The SMILES string of the molecule is CN(Cc1cccc(Br)c1)c1nc2ccccn2c1CBr. The van der Waals surface area contributed by atoms with Gasteiger partial charge in [0, 0.05) is 29.6 Å². The molecule has 0 amide bonds. The predicted octanol–water partition coefficient (Wildman–Crippen LogP) is 4.63. The number of rotatable bonds is 4. The van der Waals surface area contributed by atoms with E-state index in [0.717, 1.165) is 27.8 Å². The van der Waals surface area contributed by atoms with Gasteiger partial charge in [-0.3, -0.25) is 0 Å². The smallest absolute Gasteiger partial charge is 0.152 e. The second-order valence-corrected chi connectivity index (χ2v) is 6.41. The van der Waals surface area contributed by atoms with E-state index >= 15 is 0 Å². The average molecular weight is 409 g/mol. The van der Waals surface area contributed by atoms with Crippen LogP contribution in [0.5, 0.6) is 0 Å². The molecule has 0 unspecified atom stereocenters. The molecule has 0 saturated heterocycles. The van der Waals surface area contributed by atoms with Gasteiger partial charge in [0.15, 0.2) is 5.82 Å². The van der Waals surface area contributed by atoms with Crippen LogP contribution in [0, 0.1) is 0 Å². The maximum absolute atomic E-state index is 4.75. The topological polar surface area (TPSA) is 20.5 Å². The maximum atomic E-state index is 4.75. The number of hydrogen-bond acceptors (Lipinski definition) is 2. The van der Waals surface area contributed by atoms with Gasteiger partial charge in [-0.25, -0.2) is 4.98 Å². The van der Waals surface area contributed by atoms with Crippen LogP contribution in [0.1, 0.15) is 11.3 Å². The fourth-order valence-electron chi connectivity index (χ4n) is 2.45. The van der Waals surface area contributed by atoms with E-state index in [0.29, 0.717) is 0 Å². The molecule has 3 rings (SSSR count). The number of nitrogens with zero attached hydrogens (tertiary/aromatic N) is 3. The minimum absolute atomic E-state index is 0.774. The van der Waals surface area contributed by atoms with Crippen LogP contribution >= 0.6 is 31.9 Å². The van der Waals surface area contributed by atoms with Crippen molar-refractivity contribution in [2.75, 3.05) is 11.9 Å². The lowest BCUT2D eigenvalue weighted by Gasteiger charge is -2.18. The van der Waals surface area contributed by atoms with Gasteiger partial charge in [-0.2, -0.15) is 0 Å². The summed E-state index contributed by atoms with van der Waals surface area (Å²) < 4.78 is 3.23. The molecule has 0 fully saturated rings. The van der Waals surface area contributed by atoms with Gasteiger partial charge in [-0.05, 0) is 29.8 Å². The van der Waals surface area contributed by atoms with E-state index in [2.05, 4.69) is 72.6 Å². The first-order valence-corrected chi connectivity index (χ1v) is 8.58. The van der Waals surface area contributed by atoms with E-state index < -0.39 is 0 Å². The van der Waals surface area contributed by atoms with Crippen LogP contribution in [0.4, 0.5) is 5.82 Å². The van der Waals surface area contributed by atoms with Crippen LogP contribution in [-0.4, -0.2) is 16.4 Å². The molecule has 3 nitrogen and oxygen atoms in total. The zero-order valence-electron chi connectivity index (χ0n) is 11.6. The van der Waals surface area contributed by atoms with Crippen molar-refractivity contribution >= 4 is 43.3 Å². The molecule has 2 heterocycles. The Morgan fingerprint density at radius 3 is 2.81 bits per heavy atom. The number of alkyl halides is 1. The Morgan fingerprint density at radius 1 is 1.19 bits per heavy atom. The van der Waals surface area contributed by atoms with Crippen LogP contribution in [0.3, 0.4) is 0 Å². The van der Waals surface area contributed by atoms with Crippen LogP contribution < -0.4 is 4.90 Å². The molecule has 108 valence electrons. The monoisotopic (exact) mass is 407 g/mol. The highest BCUT2D eigenvalue weighted by atomic mass is 79.9. The molecule has 1 aromatic carbocycles. The maximum Gasteiger partial charge on any atom is 0.152 e. The van der Waals surface area contributed by atoms with Crippen molar-refractivity contribution in [3.63, 3.8) is 0 Å². The number of hydrogen-bond donors (Lipinski definition) is 0. The normalized spacial score (nSPS) is 11.0. The van der Waals surface area contributed by atoms with E-state index in [1.807, 2.05) is 24.3 Å². The van der Waals surface area contributed by atoms with Crippen molar-refractivity contribution in [2.24, 2.45) is 0 Å². The first kappa shape index (κ1) is 14.6. The van der Waals surface area contributed by atoms with E-state index in [1.165, 1.54) is 11.3 Å². The van der Waals surface area contributed by atoms with Crippen molar-refractivity contribution in [1.82, 2.24) is 9.38 Å². The summed E-state index contributed by atoms with van der Waals surface area (Å²) in [5.41, 5.74) is 3.40. The second-order valence-electron chi connectivity index (χ2n) is 4.93. The summed E-state index contributed by atoms with van der Waals surface area (Å²) in [7, 11) is 2.08. The molecule has 0 aliphatic heterocycles. The fourth-order valence-corrected chi connectivity index (χ4v) is 3.42. The Labute approximate surface area is 140 Å². The van der Waals surface area contributed by atoms with Gasteiger partial charge >= 0.3 is 0 Å². The molecule has 0 saturated carbocycles. The molecule has 0 radical (unpaired) electrons. The first-order chi connectivity index (χ1) is 10.2. The molecule has 3 aromatic rings. The highest BCUT2D eigenvalue weighted by Gasteiger charge is 2.14. The summed E-state index contributed by atoms with van der Waals surface area (Å²) in [6, 6.07) is 14.4. The first-order valence-electron chi connectivity index (χ1n) is 6.66. The Hall–Kier alpha value is -1.33. The zero-order valence-corrected chi connectivity index (χ0v) is 14.8. The standard InChI is InChI=1S/C16H15Br2N3/c1-20(11-12-5-4-6-13(18)9-12)16-14(10-17)21-8-3-2-7-15(21)19-16/h2-9H,10-11H2,1H3. The van der Waals surface area contributed by atoms with Crippen molar-refractivity contribution in [3.05, 3.63) is 64.4 Å². The molecule has 5 heteroatoms. The second kappa shape index (κ2) is 6.20. The number of anilines is 1. The molecule has 2 aromatic heterocycles. The minimum atomic E-state index is 0.774. The van der Waals surface area contributed by atoms with Gasteiger partial charge < -0.3 is 9.30 Å². The van der Waals surface area contributed by atoms with Crippen molar-refractivity contribution in [2.45, 2.75) is 11.9 Å². The molecule has 0 atom stereocenters. The number of benzene rings is 1. The molecule has 21 heavy (non-hydrogen) atoms. The van der Waals surface area contributed by atoms with Gasteiger partial charge in [0.1, 0.15) is 5.65 Å². The molecule has 0 bridgehead atoms. The Morgan fingerprint density at radius 2 is 2.05 bits per heavy atom.